The van der Waals surface area contributed by atoms with Gasteiger partial charge < -0.3 is 104 Å². The van der Waals surface area contributed by atoms with E-state index >= 15 is 0 Å². The number of benzene rings is 2. The Labute approximate surface area is 640 Å². The van der Waals surface area contributed by atoms with Crippen LogP contribution in [0.4, 0.5) is 11.5 Å². The molecule has 1 aliphatic carbocycles. The lowest BCUT2D eigenvalue weighted by molar-refractivity contribution is -0.173. The zero-order valence-electron chi connectivity index (χ0n) is 61.4. The number of thioether (sulfide) groups is 1. The Morgan fingerprint density at radius 3 is 2.00 bits per heavy atom. The number of carbonyl (C=O) groups excluding carboxylic acids is 13. The van der Waals surface area contributed by atoms with Gasteiger partial charge in [-0.1, -0.05) is 56.0 Å². The number of piperidine rings is 1. The molecule has 0 radical (unpaired) electrons. The number of aliphatic carboxylic acids is 2. The van der Waals surface area contributed by atoms with Gasteiger partial charge in [0.05, 0.1) is 43.7 Å². The number of anilines is 2. The second kappa shape index (κ2) is 41.4. The highest BCUT2D eigenvalue weighted by molar-refractivity contribution is 8.01. The van der Waals surface area contributed by atoms with E-state index in [4.69, 9.17) is 0 Å². The number of aliphatic hydroxyl groups excluding tert-OH is 3. The number of pyridine rings is 1. The molecule has 5 aliphatic heterocycles. The Hall–Kier alpha value is -10.6. The molecule has 1 aromatic carbocycles. The predicted octanol–water partition coefficient (Wildman–Crippen LogP) is -3.56. The normalized spacial score (nSPS) is 19.4. The van der Waals surface area contributed by atoms with Gasteiger partial charge in [0.2, 0.25) is 76.8 Å². The molecule has 0 spiro atoms. The molecular weight excluding hydrogens is 1480 g/mol. The maximum absolute atomic E-state index is 14.5. The van der Waals surface area contributed by atoms with Crippen molar-refractivity contribution in [2.45, 2.75) is 200 Å². The summed E-state index contributed by atoms with van der Waals surface area (Å²) in [6.07, 6.45) is 1.46. The fraction of sp³-hybridized carbons (Fsp3) is 0.571. The fourth-order valence-electron chi connectivity index (χ4n) is 13.2. The van der Waals surface area contributed by atoms with E-state index in [0.29, 0.717) is 42.9 Å². The Kier molecular flexibility index (Phi) is 32.7. The van der Waals surface area contributed by atoms with Gasteiger partial charge in [-0.3, -0.25) is 82.3 Å². The van der Waals surface area contributed by atoms with Crippen molar-refractivity contribution in [3.8, 4) is 17.0 Å². The lowest BCUT2D eigenvalue weighted by atomic mass is 9.95. The van der Waals surface area contributed by atoms with E-state index in [0.717, 1.165) is 38.3 Å². The quantitative estimate of drug-likeness (QED) is 0.00856. The van der Waals surface area contributed by atoms with Gasteiger partial charge in [0.1, 0.15) is 71.6 Å². The second-order valence-corrected chi connectivity index (χ2v) is 29.5. The number of carbonyl (C=O) groups is 15. The number of carboxylic acid groups (broad SMARTS) is 2. The molecule has 41 heteroatoms. The molecular formula is C70H98N16O24S. The number of aromatic nitrogens is 1. The number of phenols is 1. The lowest BCUT2D eigenvalue weighted by Crippen LogP contribution is -2.71. The number of aromatic hydroxyl groups is 1. The molecule has 3 saturated heterocycles. The Morgan fingerprint density at radius 1 is 0.694 bits per heavy atom. The van der Waals surface area contributed by atoms with Gasteiger partial charge >= 0.3 is 11.9 Å². The molecule has 0 bridgehead atoms. The standard InChI is InChI=1S/C70H98N16O24S/c1-37(90)54(64(103)79-45(35-88)62(101)77-42-20-15-29-84(110)66(42)105)81-52(95)33-73-59(98)40(18-13-26-71-25-12-7-5-4-6-11-21-50(93)80-55(38-16-9-8-10-17-38)65(104)82-56-67(106)86-57(69(107)108)70(2,3)111-68(56)86)75-60(99)41(19-14-28-83(109)36-89)76-61(100)44(34-87)78-63(102)46-24-27-72-58-43(74-51(94)22-23-53(96)97)30-39-31-48(91)49(92)32-47(39)85(46)58/h8-10,16-17,30-32,36-37,40-42,44-46,54-57,68,71-72,87-88,90-91,109-110H,4-7,11-15,18-29,33-35H2,1-3H3,(H,73,98)(H,74,94)(H,75,99)(H,76,100)(H,77,101)(H,78,102)(H,79,103)(H,80,93)(H,81,95)(H,82,104)(H,96,97)(H,107,108)/t37-,40+,41-,42?,44-,45+,46+,54-,55-,56-,57+,68-/m1/s1. The monoisotopic (exact) mass is 1580 g/mol. The van der Waals surface area contributed by atoms with Crippen molar-refractivity contribution >= 4 is 113 Å². The maximum atomic E-state index is 14.5. The largest absolute Gasteiger partial charge is 0.504 e. The number of hydroxylamine groups is 4. The first kappa shape index (κ1) is 87.6. The molecule has 5 heterocycles. The number of nitrogens with zero attached hydrogens (tertiary/aromatic N) is 4. The van der Waals surface area contributed by atoms with Crippen LogP contribution < -0.4 is 69.2 Å². The van der Waals surface area contributed by atoms with E-state index in [1.807, 2.05) is 0 Å². The van der Waals surface area contributed by atoms with Crippen LogP contribution in [-0.4, -0.2) is 267 Å². The van der Waals surface area contributed by atoms with E-state index in [2.05, 4.69) is 63.8 Å². The Balaban J connectivity index is 0.967. The van der Waals surface area contributed by atoms with Gasteiger partial charge in [0.15, 0.2) is 5.75 Å². The molecule has 0 saturated carbocycles. The van der Waals surface area contributed by atoms with E-state index in [1.165, 1.54) is 27.3 Å². The van der Waals surface area contributed by atoms with Gasteiger partial charge in [-0.25, -0.2) is 14.9 Å². The second-order valence-electron chi connectivity index (χ2n) is 27.8. The first-order chi connectivity index (χ1) is 52.8. The molecule has 1 aromatic rings. The number of unbranched alkanes of at least 4 members (excludes halogenated alkanes) is 5. The topological polar surface area (TPSA) is 594 Å². The van der Waals surface area contributed by atoms with Crippen molar-refractivity contribution in [3.63, 3.8) is 0 Å². The summed E-state index contributed by atoms with van der Waals surface area (Å²) in [7, 11) is 0. The Bertz CT molecular complexity index is 3910. The highest BCUT2D eigenvalue weighted by Gasteiger charge is 2.64. The summed E-state index contributed by atoms with van der Waals surface area (Å²) in [6, 6.07) is -2.34. The molecule has 40 nitrogen and oxygen atoms in total. The summed E-state index contributed by atoms with van der Waals surface area (Å²) in [5.74, 6) is -13.7. The molecule has 3 fully saturated rings. The van der Waals surface area contributed by atoms with Crippen LogP contribution in [0.2, 0.25) is 0 Å². The van der Waals surface area contributed by atoms with Crippen LogP contribution in [0, 0.1) is 0 Å². The SMILES string of the molecule is C[C@@H](O)[C@@H](NC(=O)CNC(=O)[C@H](CCCNCCCCCCCCC(=O)N[C@@H](C(=O)N[C@@H]1C(=O)N2[C@@H]1SC(C)(C)[C@@H]2C(=O)O)c1ccccc1)NC(=O)[C@@H](CCCN(O)C=O)NC(=O)[C@@H](CO)NC(=O)[C@@H]1CCNc2c(NC(=O)CCC(=O)O)cc3cc(O)c(=O)cc-3n21)C(=O)N[C@@H](CO)C(=O)NC1CCCN(O)C1=O. The van der Waals surface area contributed by atoms with E-state index in [-0.39, 0.29) is 98.8 Å². The Morgan fingerprint density at radius 2 is 1.33 bits per heavy atom. The first-order valence-electron chi connectivity index (χ1n) is 36.4. The predicted molar refractivity (Wildman–Crippen MR) is 391 cm³/mol. The number of β-lactam (4-membered cyclic amide) rings is 1. The van der Waals surface area contributed by atoms with Gasteiger partial charge in [-0.05, 0) is 109 Å². The molecule has 20 N–H and O–H groups in total. The van der Waals surface area contributed by atoms with E-state index in [9.17, 15) is 118 Å². The van der Waals surface area contributed by atoms with E-state index in [1.54, 1.807) is 44.2 Å². The fourth-order valence-corrected chi connectivity index (χ4v) is 14.8. The average Bonchev–Trinajstić information content (AvgIpc) is 1.70. The van der Waals surface area contributed by atoms with E-state index < -0.39 is 210 Å². The van der Waals surface area contributed by atoms with Crippen LogP contribution >= 0.6 is 11.8 Å². The molecule has 1 unspecified atom stereocenters. The number of amides is 13. The number of hydrogen-bond donors (Lipinski definition) is 20. The number of aliphatic hydroxyl groups is 3. The van der Waals surface area contributed by atoms with Crippen molar-refractivity contribution in [2.75, 3.05) is 63.1 Å². The summed E-state index contributed by atoms with van der Waals surface area (Å²) < 4.78 is 0.493. The summed E-state index contributed by atoms with van der Waals surface area (Å²) in [5, 5.41) is 111. The van der Waals surface area contributed by atoms with Crippen molar-refractivity contribution in [3.05, 3.63) is 64.3 Å². The van der Waals surface area contributed by atoms with Gasteiger partial charge in [0.25, 0.3) is 5.91 Å². The summed E-state index contributed by atoms with van der Waals surface area (Å²) in [4.78, 5) is 212. The number of fused-ring (bicyclic) bond motifs is 4. The van der Waals surface area contributed by atoms with Gasteiger partial charge in [0, 0.05) is 48.9 Å². The summed E-state index contributed by atoms with van der Waals surface area (Å²) >= 11 is 1.28. The highest BCUT2D eigenvalue weighted by atomic mass is 32.2. The van der Waals surface area contributed by atoms with Crippen LogP contribution in [0.15, 0.2) is 53.3 Å². The molecule has 7 rings (SSSR count). The van der Waals surface area contributed by atoms with Crippen LogP contribution in [0.1, 0.15) is 141 Å². The zero-order chi connectivity index (χ0) is 81.4. The van der Waals surface area contributed by atoms with Crippen molar-refractivity contribution in [1.29, 1.82) is 0 Å². The third kappa shape index (κ3) is 24.2. The third-order valence-electron chi connectivity index (χ3n) is 19.0. The van der Waals surface area contributed by atoms with Crippen LogP contribution in [0.5, 0.6) is 5.75 Å². The molecule has 6 aliphatic rings. The van der Waals surface area contributed by atoms with Crippen LogP contribution in [-0.2, 0) is 71.9 Å². The summed E-state index contributed by atoms with van der Waals surface area (Å²) in [5.41, 5.74) is -0.162. The van der Waals surface area contributed by atoms with Gasteiger partial charge in [-0.2, -0.15) is 0 Å². The average molecular weight is 1580 g/mol. The van der Waals surface area contributed by atoms with Crippen molar-refractivity contribution < 1.29 is 113 Å². The van der Waals surface area contributed by atoms with Gasteiger partial charge in [-0.15, -0.1) is 11.8 Å². The number of hydrogen-bond acceptors (Lipinski definition) is 25. The minimum Gasteiger partial charge on any atom is -0.504 e. The molecule has 0 aromatic heterocycles. The number of phenolic OH excluding ortho intramolecular Hbond substituents is 1. The molecule has 111 heavy (non-hydrogen) atoms. The third-order valence-corrected chi connectivity index (χ3v) is 20.6. The minimum absolute atomic E-state index is 0.00966. The number of rotatable bonds is 44. The number of nitrogens with one attached hydrogen (secondary N) is 12. The van der Waals surface area contributed by atoms with Crippen molar-refractivity contribution in [2.24, 2.45) is 0 Å². The minimum atomic E-state index is -1.84. The molecule has 13 amide bonds. The van der Waals surface area contributed by atoms with Crippen LogP contribution in [0.3, 0.4) is 0 Å². The lowest BCUT2D eigenvalue weighted by Gasteiger charge is -2.44. The number of carboxylic acids is 2. The first-order valence-corrected chi connectivity index (χ1v) is 37.3. The smallest absolute Gasteiger partial charge is 0.327 e. The molecule has 608 valence electrons. The highest BCUT2D eigenvalue weighted by Crippen LogP contribution is 2.51. The summed E-state index contributed by atoms with van der Waals surface area (Å²) in [6.45, 7) is 1.91. The molecule has 12 atom stereocenters. The zero-order valence-corrected chi connectivity index (χ0v) is 62.2. The maximum Gasteiger partial charge on any atom is 0.327 e. The van der Waals surface area contributed by atoms with Crippen molar-refractivity contribution in [1.82, 2.24) is 72.8 Å². The van der Waals surface area contributed by atoms with Crippen LogP contribution in [0.25, 0.3) is 11.3 Å².